The highest BCUT2D eigenvalue weighted by atomic mass is 16.6. The average Bonchev–Trinajstić information content (AvgIpc) is 3.07. The summed E-state index contributed by atoms with van der Waals surface area (Å²) in [5, 5.41) is 21.3. The zero-order chi connectivity index (χ0) is 20.3. The smallest absolute Gasteiger partial charge is 0.416 e. The van der Waals surface area contributed by atoms with Gasteiger partial charge < -0.3 is 9.84 Å². The van der Waals surface area contributed by atoms with Crippen molar-refractivity contribution >= 4 is 17.7 Å². The molecule has 3 atom stereocenters. The summed E-state index contributed by atoms with van der Waals surface area (Å²) in [5.41, 5.74) is 1.21. The van der Waals surface area contributed by atoms with Crippen LogP contribution in [0.5, 0.6) is 0 Å². The van der Waals surface area contributed by atoms with Crippen LogP contribution < -0.4 is 0 Å². The van der Waals surface area contributed by atoms with Crippen LogP contribution in [0.3, 0.4) is 0 Å². The normalized spacial score (nSPS) is 18.4. The van der Waals surface area contributed by atoms with Crippen molar-refractivity contribution in [3.63, 3.8) is 0 Å². The third kappa shape index (κ3) is 4.01. The monoisotopic (exact) mass is 384 g/mol. The van der Waals surface area contributed by atoms with Gasteiger partial charge in [0.25, 0.3) is 5.69 Å². The number of benzene rings is 2. The molecule has 2 amide bonds. The molecule has 1 N–H and O–H groups in total. The number of hydrogen-bond acceptors (Lipinski definition) is 6. The van der Waals surface area contributed by atoms with Crippen molar-refractivity contribution in [3.05, 3.63) is 75.8 Å². The fourth-order valence-corrected chi connectivity index (χ4v) is 3.20. The second-order valence-electron chi connectivity index (χ2n) is 6.71. The standard InChI is InChI=1S/C20H20N2O6/c1-13(18(23)15-7-9-16(10-8-15)22(26)27)19(24)21-17(12-28-20(21)25)11-14-5-3-2-4-6-14/h2-10,13,17-18,23H,11-12H2,1H3/t13-,17+,18+/m1/s1. The largest absolute Gasteiger partial charge is 0.447 e. The molecular weight excluding hydrogens is 364 g/mol. The highest BCUT2D eigenvalue weighted by Gasteiger charge is 2.41. The molecule has 1 aliphatic rings. The summed E-state index contributed by atoms with van der Waals surface area (Å²) >= 11 is 0. The minimum Gasteiger partial charge on any atom is -0.447 e. The van der Waals surface area contributed by atoms with E-state index in [2.05, 4.69) is 0 Å². The third-order valence-corrected chi connectivity index (χ3v) is 4.82. The van der Waals surface area contributed by atoms with Crippen LogP contribution in [0.25, 0.3) is 0 Å². The zero-order valence-electron chi connectivity index (χ0n) is 15.2. The van der Waals surface area contributed by atoms with Crippen LogP contribution in [0.1, 0.15) is 24.2 Å². The second-order valence-corrected chi connectivity index (χ2v) is 6.71. The molecule has 28 heavy (non-hydrogen) atoms. The van der Waals surface area contributed by atoms with Crippen LogP contribution >= 0.6 is 0 Å². The van der Waals surface area contributed by atoms with E-state index in [0.29, 0.717) is 12.0 Å². The van der Waals surface area contributed by atoms with Crippen LogP contribution in [0, 0.1) is 16.0 Å². The Morgan fingerprint density at radius 3 is 2.50 bits per heavy atom. The first-order valence-corrected chi connectivity index (χ1v) is 8.84. The predicted molar refractivity (Wildman–Crippen MR) is 99.3 cm³/mol. The van der Waals surface area contributed by atoms with Gasteiger partial charge in [0.1, 0.15) is 6.61 Å². The summed E-state index contributed by atoms with van der Waals surface area (Å²) in [4.78, 5) is 36.3. The molecule has 8 heteroatoms. The summed E-state index contributed by atoms with van der Waals surface area (Å²) in [6.07, 6.45) is -1.48. The molecule has 0 bridgehead atoms. The molecule has 146 valence electrons. The number of rotatable bonds is 6. The summed E-state index contributed by atoms with van der Waals surface area (Å²) in [5.74, 6) is -1.47. The van der Waals surface area contributed by atoms with Crippen molar-refractivity contribution in [2.75, 3.05) is 6.61 Å². The lowest BCUT2D eigenvalue weighted by Crippen LogP contribution is -2.44. The van der Waals surface area contributed by atoms with Gasteiger partial charge in [0.05, 0.1) is 23.0 Å². The second kappa shape index (κ2) is 8.18. The number of aliphatic hydroxyl groups is 1. The molecule has 8 nitrogen and oxygen atoms in total. The fourth-order valence-electron chi connectivity index (χ4n) is 3.20. The number of non-ortho nitro benzene ring substituents is 1. The molecule has 2 aromatic carbocycles. The van der Waals surface area contributed by atoms with Crippen LogP contribution in [-0.2, 0) is 16.0 Å². The molecule has 0 radical (unpaired) electrons. The SMILES string of the molecule is C[C@@H](C(=O)N1C(=O)OC[C@@H]1Cc1ccccc1)[C@H](O)c1ccc([N+](=O)[O-])cc1. The van der Waals surface area contributed by atoms with Crippen LogP contribution in [0.4, 0.5) is 10.5 Å². The van der Waals surface area contributed by atoms with E-state index in [1.54, 1.807) is 0 Å². The first-order valence-electron chi connectivity index (χ1n) is 8.84. The Morgan fingerprint density at radius 1 is 1.25 bits per heavy atom. The first kappa shape index (κ1) is 19.5. The molecule has 0 unspecified atom stereocenters. The maximum absolute atomic E-state index is 12.9. The van der Waals surface area contributed by atoms with Gasteiger partial charge in [-0.2, -0.15) is 0 Å². The van der Waals surface area contributed by atoms with Gasteiger partial charge in [0.15, 0.2) is 0 Å². The zero-order valence-corrected chi connectivity index (χ0v) is 15.2. The number of amides is 2. The van der Waals surface area contributed by atoms with Gasteiger partial charge in [-0.25, -0.2) is 9.69 Å². The van der Waals surface area contributed by atoms with E-state index in [9.17, 15) is 24.8 Å². The van der Waals surface area contributed by atoms with Gasteiger partial charge in [0, 0.05) is 12.1 Å². The Hall–Kier alpha value is -3.26. The summed E-state index contributed by atoms with van der Waals surface area (Å²) in [7, 11) is 0. The van der Waals surface area contributed by atoms with Gasteiger partial charge in [-0.3, -0.25) is 14.9 Å². The van der Waals surface area contributed by atoms with Crippen molar-refractivity contribution in [1.82, 2.24) is 4.90 Å². The molecule has 0 saturated carbocycles. The number of nitro benzene ring substituents is 1. The summed E-state index contributed by atoms with van der Waals surface area (Å²) in [6.45, 7) is 1.61. The maximum atomic E-state index is 12.9. The van der Waals surface area contributed by atoms with Crippen molar-refractivity contribution in [2.45, 2.75) is 25.5 Å². The Bertz CT molecular complexity index is 868. The lowest BCUT2D eigenvalue weighted by Gasteiger charge is -2.25. The van der Waals surface area contributed by atoms with Crippen molar-refractivity contribution in [1.29, 1.82) is 0 Å². The van der Waals surface area contributed by atoms with Crippen molar-refractivity contribution in [3.8, 4) is 0 Å². The minimum absolute atomic E-state index is 0.0970. The van der Waals surface area contributed by atoms with Crippen LogP contribution in [0.15, 0.2) is 54.6 Å². The van der Waals surface area contributed by atoms with Crippen LogP contribution in [-0.4, -0.2) is 39.6 Å². The summed E-state index contributed by atoms with van der Waals surface area (Å²) in [6, 6.07) is 14.3. The van der Waals surface area contributed by atoms with Gasteiger partial charge in [0.2, 0.25) is 5.91 Å². The number of aliphatic hydroxyl groups excluding tert-OH is 1. The van der Waals surface area contributed by atoms with Gasteiger partial charge in [-0.15, -0.1) is 0 Å². The molecule has 3 rings (SSSR count). The number of nitrogens with zero attached hydrogens (tertiary/aromatic N) is 2. The number of hydrogen-bond donors (Lipinski definition) is 1. The van der Waals surface area contributed by atoms with Gasteiger partial charge in [-0.05, 0) is 29.7 Å². The van der Waals surface area contributed by atoms with Crippen LogP contribution in [0.2, 0.25) is 0 Å². The van der Waals surface area contributed by atoms with Crippen molar-refractivity contribution < 1.29 is 24.4 Å². The topological polar surface area (TPSA) is 110 Å². The molecule has 1 heterocycles. The lowest BCUT2D eigenvalue weighted by atomic mass is 9.95. The van der Waals surface area contributed by atoms with Gasteiger partial charge in [-0.1, -0.05) is 37.3 Å². The van der Waals surface area contributed by atoms with E-state index in [0.717, 1.165) is 10.5 Å². The average molecular weight is 384 g/mol. The highest BCUT2D eigenvalue weighted by Crippen LogP contribution is 2.28. The van der Waals surface area contributed by atoms with E-state index in [-0.39, 0.29) is 12.3 Å². The Labute approximate surface area is 161 Å². The van der Waals surface area contributed by atoms with E-state index < -0.39 is 35.0 Å². The molecule has 0 aliphatic carbocycles. The van der Waals surface area contributed by atoms with E-state index in [1.807, 2.05) is 30.3 Å². The van der Waals surface area contributed by atoms with E-state index >= 15 is 0 Å². The Balaban J connectivity index is 1.74. The molecule has 1 saturated heterocycles. The highest BCUT2D eigenvalue weighted by molar-refractivity contribution is 5.95. The lowest BCUT2D eigenvalue weighted by molar-refractivity contribution is -0.384. The quantitative estimate of drug-likeness (QED) is 0.606. The first-order chi connectivity index (χ1) is 13.4. The number of nitro groups is 1. The summed E-state index contributed by atoms with van der Waals surface area (Å²) < 4.78 is 5.06. The molecular formula is C20H20N2O6. The Morgan fingerprint density at radius 2 is 1.89 bits per heavy atom. The van der Waals surface area contributed by atoms with Gasteiger partial charge >= 0.3 is 6.09 Å². The number of cyclic esters (lactones) is 1. The fraction of sp³-hybridized carbons (Fsp3) is 0.300. The molecule has 0 aromatic heterocycles. The number of carbonyl (C=O) groups is 2. The van der Waals surface area contributed by atoms with E-state index in [1.165, 1.54) is 31.2 Å². The third-order valence-electron chi connectivity index (χ3n) is 4.82. The minimum atomic E-state index is -1.21. The molecule has 1 fully saturated rings. The molecule has 2 aromatic rings. The molecule has 0 spiro atoms. The Kier molecular flexibility index (Phi) is 5.70. The van der Waals surface area contributed by atoms with E-state index in [4.69, 9.17) is 4.74 Å². The number of ether oxygens (including phenoxy) is 1. The van der Waals surface area contributed by atoms with Crippen molar-refractivity contribution in [2.24, 2.45) is 5.92 Å². The number of carbonyl (C=O) groups excluding carboxylic acids is 2. The number of imide groups is 1. The molecule has 1 aliphatic heterocycles. The maximum Gasteiger partial charge on any atom is 0.416 e. The predicted octanol–water partition coefficient (Wildman–Crippen LogP) is 2.85.